The third-order valence-electron chi connectivity index (χ3n) is 5.41. The largest absolute Gasteiger partial charge is 0.493 e. The minimum atomic E-state index is -0.350. The van der Waals surface area contributed by atoms with E-state index in [1.54, 1.807) is 18.3 Å². The highest BCUT2D eigenvalue weighted by Crippen LogP contribution is 2.47. The Morgan fingerprint density at radius 3 is 2.71 bits per heavy atom. The minimum Gasteiger partial charge on any atom is -0.493 e. The van der Waals surface area contributed by atoms with Crippen molar-refractivity contribution >= 4 is 23.1 Å². The lowest BCUT2D eigenvalue weighted by atomic mass is 10.0. The number of anilines is 1. The molecule has 3 aromatic rings. The van der Waals surface area contributed by atoms with Gasteiger partial charge in [0.1, 0.15) is 11.6 Å². The minimum absolute atomic E-state index is 0.113. The lowest BCUT2D eigenvalue weighted by molar-refractivity contribution is 0.380. The van der Waals surface area contributed by atoms with E-state index < -0.39 is 0 Å². The Hall–Kier alpha value is -3.06. The molecular formula is C24H23F2N3OS. The summed E-state index contributed by atoms with van der Waals surface area (Å²) in [5.74, 6) is 0.481. The number of nitrogens with zero attached hydrogens (tertiary/aromatic N) is 1. The normalized spacial score (nSPS) is 17.2. The van der Waals surface area contributed by atoms with Gasteiger partial charge in [0.2, 0.25) is 0 Å². The highest BCUT2D eigenvalue weighted by Gasteiger charge is 2.42. The second kappa shape index (κ2) is 8.98. The molecule has 0 saturated heterocycles. The fourth-order valence-corrected chi connectivity index (χ4v) is 4.08. The monoisotopic (exact) mass is 439 g/mol. The molecule has 4 rings (SSSR count). The molecule has 1 saturated carbocycles. The standard InChI is InChI=1S/C24H23F2N3OS/c1-14-6-8-19(26)23(30-2)22(14)18-12-20(18)28-24(31)29-21-9-7-16(13-27-21)10-15-4-3-5-17(25)11-15/h3-9,11,13,18,20H,10,12H2,1-2H3,(H2,27,28,29,31)/t18-,20+/m0/s1. The van der Waals surface area contributed by atoms with Crippen LogP contribution >= 0.6 is 12.2 Å². The maximum Gasteiger partial charge on any atom is 0.172 e. The van der Waals surface area contributed by atoms with E-state index >= 15 is 0 Å². The first kappa shape index (κ1) is 21.2. The Bertz CT molecular complexity index is 1100. The van der Waals surface area contributed by atoms with Gasteiger partial charge in [-0.2, -0.15) is 0 Å². The van der Waals surface area contributed by atoms with Crippen LogP contribution in [-0.2, 0) is 6.42 Å². The quantitative estimate of drug-likeness (QED) is 0.523. The molecule has 0 unspecified atom stereocenters. The van der Waals surface area contributed by atoms with Crippen molar-refractivity contribution in [3.8, 4) is 5.75 Å². The summed E-state index contributed by atoms with van der Waals surface area (Å²) in [5.41, 5.74) is 3.76. The number of benzene rings is 2. The molecule has 0 aliphatic heterocycles. The number of methoxy groups -OCH3 is 1. The van der Waals surface area contributed by atoms with Gasteiger partial charge in [-0.3, -0.25) is 0 Å². The second-order valence-electron chi connectivity index (χ2n) is 7.72. The van der Waals surface area contributed by atoms with Crippen LogP contribution in [0.15, 0.2) is 54.7 Å². The Morgan fingerprint density at radius 1 is 1.16 bits per heavy atom. The lowest BCUT2D eigenvalue weighted by Gasteiger charge is -2.14. The van der Waals surface area contributed by atoms with Crippen LogP contribution in [0.25, 0.3) is 0 Å². The number of ether oxygens (including phenoxy) is 1. The van der Waals surface area contributed by atoms with Gasteiger partial charge in [0, 0.05) is 23.7 Å². The fraction of sp³-hybridized carbons (Fsp3) is 0.250. The predicted molar refractivity (Wildman–Crippen MR) is 122 cm³/mol. The number of rotatable bonds is 6. The van der Waals surface area contributed by atoms with Crippen LogP contribution in [0.1, 0.15) is 34.6 Å². The van der Waals surface area contributed by atoms with E-state index in [0.717, 1.165) is 28.7 Å². The van der Waals surface area contributed by atoms with Crippen molar-refractivity contribution in [2.75, 3.05) is 12.4 Å². The fourth-order valence-electron chi connectivity index (χ4n) is 3.82. The molecule has 0 spiro atoms. The van der Waals surface area contributed by atoms with Crippen molar-refractivity contribution in [1.82, 2.24) is 10.3 Å². The van der Waals surface area contributed by atoms with Crippen molar-refractivity contribution in [3.63, 3.8) is 0 Å². The van der Waals surface area contributed by atoms with E-state index in [1.165, 1.54) is 25.3 Å². The maximum absolute atomic E-state index is 14.1. The zero-order valence-electron chi connectivity index (χ0n) is 17.3. The first-order valence-electron chi connectivity index (χ1n) is 10.0. The van der Waals surface area contributed by atoms with E-state index in [-0.39, 0.29) is 23.6 Å². The van der Waals surface area contributed by atoms with Gasteiger partial charge in [-0.1, -0.05) is 24.3 Å². The molecule has 1 heterocycles. The Kier molecular flexibility index (Phi) is 6.13. The van der Waals surface area contributed by atoms with Gasteiger partial charge in [0.15, 0.2) is 16.7 Å². The smallest absolute Gasteiger partial charge is 0.172 e. The number of nitrogens with one attached hydrogen (secondary N) is 2. The Labute approximate surface area is 185 Å². The third-order valence-corrected chi connectivity index (χ3v) is 5.63. The van der Waals surface area contributed by atoms with Crippen molar-refractivity contribution in [1.29, 1.82) is 0 Å². The summed E-state index contributed by atoms with van der Waals surface area (Å²) in [6.07, 6.45) is 3.20. The van der Waals surface area contributed by atoms with E-state index in [1.807, 2.05) is 25.1 Å². The van der Waals surface area contributed by atoms with E-state index in [9.17, 15) is 8.78 Å². The number of hydrogen-bond donors (Lipinski definition) is 2. The molecule has 2 N–H and O–H groups in total. The number of aryl methyl sites for hydroxylation is 1. The van der Waals surface area contributed by atoms with Crippen LogP contribution < -0.4 is 15.4 Å². The predicted octanol–water partition coefficient (Wildman–Crippen LogP) is 5.11. The molecule has 1 fully saturated rings. The highest BCUT2D eigenvalue weighted by molar-refractivity contribution is 7.80. The van der Waals surface area contributed by atoms with Crippen LogP contribution in [0.5, 0.6) is 5.75 Å². The molecule has 7 heteroatoms. The molecule has 2 aromatic carbocycles. The molecular weight excluding hydrogens is 416 g/mol. The summed E-state index contributed by atoms with van der Waals surface area (Å²) in [6.45, 7) is 1.96. The zero-order valence-corrected chi connectivity index (χ0v) is 18.1. The van der Waals surface area contributed by atoms with Gasteiger partial charge in [-0.05, 0) is 72.9 Å². The molecule has 1 aromatic heterocycles. The van der Waals surface area contributed by atoms with Crippen LogP contribution in [0.3, 0.4) is 0 Å². The molecule has 2 atom stereocenters. The number of thiocarbonyl (C=S) groups is 1. The molecule has 31 heavy (non-hydrogen) atoms. The van der Waals surface area contributed by atoms with Crippen LogP contribution in [0, 0.1) is 18.6 Å². The topological polar surface area (TPSA) is 46.2 Å². The van der Waals surface area contributed by atoms with E-state index in [2.05, 4.69) is 15.6 Å². The molecule has 160 valence electrons. The summed E-state index contributed by atoms with van der Waals surface area (Å²) in [5, 5.41) is 6.82. The summed E-state index contributed by atoms with van der Waals surface area (Å²) in [4.78, 5) is 4.39. The average Bonchev–Trinajstić information content (AvgIpc) is 3.49. The summed E-state index contributed by atoms with van der Waals surface area (Å²) in [6, 6.07) is 13.6. The van der Waals surface area contributed by atoms with Crippen molar-refractivity contribution < 1.29 is 13.5 Å². The average molecular weight is 440 g/mol. The summed E-state index contributed by atoms with van der Waals surface area (Å²) >= 11 is 5.42. The maximum atomic E-state index is 14.1. The molecule has 0 bridgehead atoms. The second-order valence-corrected chi connectivity index (χ2v) is 8.12. The van der Waals surface area contributed by atoms with Gasteiger partial charge in [0.25, 0.3) is 0 Å². The van der Waals surface area contributed by atoms with Crippen LogP contribution in [0.4, 0.5) is 14.6 Å². The summed E-state index contributed by atoms with van der Waals surface area (Å²) < 4.78 is 32.7. The van der Waals surface area contributed by atoms with Crippen molar-refractivity contribution in [2.45, 2.75) is 31.7 Å². The zero-order chi connectivity index (χ0) is 22.0. The van der Waals surface area contributed by atoms with Crippen LogP contribution in [-0.4, -0.2) is 23.2 Å². The molecule has 0 amide bonds. The van der Waals surface area contributed by atoms with Crippen molar-refractivity contribution in [2.24, 2.45) is 0 Å². The lowest BCUT2D eigenvalue weighted by Crippen LogP contribution is -2.31. The SMILES string of the molecule is COc1c(F)ccc(C)c1[C@H]1C[C@H]1NC(=S)Nc1ccc(Cc2cccc(F)c2)cn1. The molecule has 1 aliphatic rings. The first-order valence-corrected chi connectivity index (χ1v) is 10.5. The van der Waals surface area contributed by atoms with E-state index in [0.29, 0.717) is 23.1 Å². The third kappa shape index (κ3) is 4.99. The number of hydrogen-bond acceptors (Lipinski definition) is 3. The van der Waals surface area contributed by atoms with Gasteiger partial charge in [-0.15, -0.1) is 0 Å². The molecule has 4 nitrogen and oxygen atoms in total. The Balaban J connectivity index is 1.34. The van der Waals surface area contributed by atoms with Gasteiger partial charge >= 0.3 is 0 Å². The van der Waals surface area contributed by atoms with E-state index in [4.69, 9.17) is 17.0 Å². The van der Waals surface area contributed by atoms with Crippen LogP contribution in [0.2, 0.25) is 0 Å². The Morgan fingerprint density at radius 2 is 2.00 bits per heavy atom. The summed E-state index contributed by atoms with van der Waals surface area (Å²) in [7, 11) is 1.49. The number of aromatic nitrogens is 1. The number of halogens is 2. The molecule has 1 aliphatic carbocycles. The van der Waals surface area contributed by atoms with Gasteiger partial charge < -0.3 is 15.4 Å². The van der Waals surface area contributed by atoms with Crippen molar-refractivity contribution in [3.05, 3.63) is 88.6 Å². The number of pyridine rings is 1. The van der Waals surface area contributed by atoms with Gasteiger partial charge in [-0.25, -0.2) is 13.8 Å². The first-order chi connectivity index (χ1) is 14.9. The highest BCUT2D eigenvalue weighted by atomic mass is 32.1. The molecule has 0 radical (unpaired) electrons. The van der Waals surface area contributed by atoms with Gasteiger partial charge in [0.05, 0.1) is 7.11 Å².